The second kappa shape index (κ2) is 10.5. The molecule has 0 spiro atoms. The SMILES string of the molecule is COc1ccc(N2CCN([C@@H](c3cccc(OC)c3OC)c3nnnn3C3CCCC3)CC2)cc1. The third-order valence-corrected chi connectivity index (χ3v) is 7.28. The average Bonchev–Trinajstić information content (AvgIpc) is 3.62. The van der Waals surface area contributed by atoms with Gasteiger partial charge in [0.1, 0.15) is 11.8 Å². The van der Waals surface area contributed by atoms with Crippen molar-refractivity contribution < 1.29 is 14.2 Å². The van der Waals surface area contributed by atoms with Gasteiger partial charge in [-0.1, -0.05) is 25.0 Å². The van der Waals surface area contributed by atoms with Gasteiger partial charge >= 0.3 is 0 Å². The van der Waals surface area contributed by atoms with E-state index in [-0.39, 0.29) is 6.04 Å². The van der Waals surface area contributed by atoms with Crippen LogP contribution in [0.2, 0.25) is 0 Å². The number of methoxy groups -OCH3 is 3. The molecule has 1 saturated heterocycles. The second-order valence-electron chi connectivity index (χ2n) is 9.13. The molecule has 3 aromatic rings. The van der Waals surface area contributed by atoms with Crippen LogP contribution in [0.25, 0.3) is 0 Å². The molecule has 35 heavy (non-hydrogen) atoms. The summed E-state index contributed by atoms with van der Waals surface area (Å²) in [4.78, 5) is 4.88. The molecule has 0 amide bonds. The number of nitrogens with zero attached hydrogens (tertiary/aromatic N) is 6. The molecule has 1 aliphatic carbocycles. The molecule has 0 N–H and O–H groups in total. The molecule has 2 aromatic carbocycles. The van der Waals surface area contributed by atoms with E-state index >= 15 is 0 Å². The molecule has 1 saturated carbocycles. The Labute approximate surface area is 206 Å². The summed E-state index contributed by atoms with van der Waals surface area (Å²) < 4.78 is 18.9. The number of benzene rings is 2. The summed E-state index contributed by atoms with van der Waals surface area (Å²) >= 11 is 0. The zero-order valence-corrected chi connectivity index (χ0v) is 20.8. The van der Waals surface area contributed by atoms with Gasteiger partial charge in [-0.15, -0.1) is 5.10 Å². The molecule has 9 heteroatoms. The highest BCUT2D eigenvalue weighted by atomic mass is 16.5. The van der Waals surface area contributed by atoms with Crippen molar-refractivity contribution in [3.05, 3.63) is 53.9 Å². The Hall–Kier alpha value is -3.33. The number of piperazine rings is 1. The minimum absolute atomic E-state index is 0.131. The summed E-state index contributed by atoms with van der Waals surface area (Å²) in [5, 5.41) is 13.2. The fourth-order valence-corrected chi connectivity index (χ4v) is 5.45. The maximum Gasteiger partial charge on any atom is 0.173 e. The van der Waals surface area contributed by atoms with Gasteiger partial charge in [0.15, 0.2) is 17.3 Å². The van der Waals surface area contributed by atoms with E-state index in [0.717, 1.165) is 61.9 Å². The van der Waals surface area contributed by atoms with Gasteiger partial charge in [-0.2, -0.15) is 0 Å². The summed E-state index contributed by atoms with van der Waals surface area (Å²) in [6, 6.07) is 14.5. The van der Waals surface area contributed by atoms with E-state index in [1.807, 2.05) is 24.3 Å². The highest BCUT2D eigenvalue weighted by Gasteiger charge is 2.35. The minimum Gasteiger partial charge on any atom is -0.497 e. The molecule has 5 rings (SSSR count). The lowest BCUT2D eigenvalue weighted by atomic mass is 10.0. The normalized spacial score (nSPS) is 18.0. The van der Waals surface area contributed by atoms with E-state index in [4.69, 9.17) is 14.2 Å². The standard InChI is InChI=1S/C26H34N6O3/c1-33-21-13-11-19(12-14-21)30-15-17-31(18-16-30)24(22-9-6-10-23(34-2)25(22)35-3)26-27-28-29-32(26)20-7-4-5-8-20/h6,9-14,20,24H,4-5,7-8,15-18H2,1-3H3/t24-/m0/s1. The van der Waals surface area contributed by atoms with Gasteiger partial charge in [-0.05, 0) is 53.6 Å². The van der Waals surface area contributed by atoms with Crippen molar-refractivity contribution in [2.24, 2.45) is 0 Å². The van der Waals surface area contributed by atoms with Crippen LogP contribution in [0.1, 0.15) is 49.2 Å². The molecular formula is C26H34N6O3. The smallest absolute Gasteiger partial charge is 0.173 e. The predicted molar refractivity (Wildman–Crippen MR) is 133 cm³/mol. The lowest BCUT2D eigenvalue weighted by molar-refractivity contribution is 0.193. The Morgan fingerprint density at radius 3 is 2.26 bits per heavy atom. The van der Waals surface area contributed by atoms with E-state index in [1.54, 1.807) is 21.3 Å². The quantitative estimate of drug-likeness (QED) is 0.485. The van der Waals surface area contributed by atoms with Gasteiger partial charge in [-0.25, -0.2) is 4.68 Å². The summed E-state index contributed by atoms with van der Waals surface area (Å²) in [5.41, 5.74) is 2.23. The first-order valence-corrected chi connectivity index (χ1v) is 12.3. The molecular weight excluding hydrogens is 444 g/mol. The highest BCUT2D eigenvalue weighted by Crippen LogP contribution is 2.41. The number of hydrogen-bond donors (Lipinski definition) is 0. The first-order valence-electron chi connectivity index (χ1n) is 12.3. The first-order chi connectivity index (χ1) is 17.2. The maximum absolute atomic E-state index is 5.86. The molecule has 1 aromatic heterocycles. The topological polar surface area (TPSA) is 77.8 Å². The predicted octanol–water partition coefficient (Wildman–Crippen LogP) is 3.73. The van der Waals surface area contributed by atoms with Crippen molar-refractivity contribution in [3.63, 3.8) is 0 Å². The van der Waals surface area contributed by atoms with Crippen molar-refractivity contribution >= 4 is 5.69 Å². The molecule has 0 bridgehead atoms. The lowest BCUT2D eigenvalue weighted by Gasteiger charge is -2.40. The van der Waals surface area contributed by atoms with Gasteiger partial charge in [0.05, 0.1) is 27.4 Å². The number of anilines is 1. The van der Waals surface area contributed by atoms with Crippen LogP contribution in [-0.4, -0.2) is 72.6 Å². The molecule has 2 fully saturated rings. The number of hydrogen-bond acceptors (Lipinski definition) is 8. The van der Waals surface area contributed by atoms with Crippen LogP contribution in [0.4, 0.5) is 5.69 Å². The number of rotatable bonds is 8. The molecule has 0 unspecified atom stereocenters. The van der Waals surface area contributed by atoms with Crippen LogP contribution < -0.4 is 19.1 Å². The number of tetrazole rings is 1. The third-order valence-electron chi connectivity index (χ3n) is 7.28. The van der Waals surface area contributed by atoms with E-state index in [2.05, 4.69) is 48.2 Å². The van der Waals surface area contributed by atoms with Gasteiger partial charge in [0.2, 0.25) is 0 Å². The molecule has 0 radical (unpaired) electrons. The fraction of sp³-hybridized carbons (Fsp3) is 0.500. The van der Waals surface area contributed by atoms with Crippen molar-refractivity contribution in [2.75, 3.05) is 52.4 Å². The lowest BCUT2D eigenvalue weighted by Crippen LogP contribution is -2.48. The van der Waals surface area contributed by atoms with Crippen LogP contribution >= 0.6 is 0 Å². The number of para-hydroxylation sites is 1. The maximum atomic E-state index is 5.86. The van der Waals surface area contributed by atoms with Gasteiger partial charge in [0.25, 0.3) is 0 Å². The largest absolute Gasteiger partial charge is 0.497 e. The number of ether oxygens (including phenoxy) is 3. The summed E-state index contributed by atoms with van der Waals surface area (Å²) in [6.07, 6.45) is 4.67. The van der Waals surface area contributed by atoms with E-state index in [9.17, 15) is 0 Å². The highest BCUT2D eigenvalue weighted by molar-refractivity contribution is 5.51. The monoisotopic (exact) mass is 478 g/mol. The van der Waals surface area contributed by atoms with Crippen molar-refractivity contribution in [2.45, 2.75) is 37.8 Å². The fourth-order valence-electron chi connectivity index (χ4n) is 5.45. The van der Waals surface area contributed by atoms with E-state index in [0.29, 0.717) is 11.8 Å². The molecule has 186 valence electrons. The zero-order valence-electron chi connectivity index (χ0n) is 20.8. The van der Waals surface area contributed by atoms with Crippen LogP contribution in [0.3, 0.4) is 0 Å². The first kappa shape index (κ1) is 23.4. The summed E-state index contributed by atoms with van der Waals surface area (Å²) in [6.45, 7) is 3.55. The van der Waals surface area contributed by atoms with Crippen LogP contribution in [-0.2, 0) is 0 Å². The summed E-state index contributed by atoms with van der Waals surface area (Å²) in [5.74, 6) is 3.20. The van der Waals surface area contributed by atoms with Crippen LogP contribution in [0.15, 0.2) is 42.5 Å². The van der Waals surface area contributed by atoms with Crippen LogP contribution in [0.5, 0.6) is 17.2 Å². The molecule has 1 aliphatic heterocycles. The summed E-state index contributed by atoms with van der Waals surface area (Å²) in [7, 11) is 5.06. The third kappa shape index (κ3) is 4.65. The minimum atomic E-state index is -0.131. The average molecular weight is 479 g/mol. The Kier molecular flexibility index (Phi) is 7.03. The molecule has 2 aliphatic rings. The van der Waals surface area contributed by atoms with Crippen molar-refractivity contribution in [3.8, 4) is 17.2 Å². The second-order valence-corrected chi connectivity index (χ2v) is 9.13. The van der Waals surface area contributed by atoms with Crippen molar-refractivity contribution in [1.82, 2.24) is 25.1 Å². The van der Waals surface area contributed by atoms with Gasteiger partial charge in [-0.3, -0.25) is 4.90 Å². The Morgan fingerprint density at radius 2 is 1.60 bits per heavy atom. The van der Waals surface area contributed by atoms with E-state index < -0.39 is 0 Å². The van der Waals surface area contributed by atoms with Crippen LogP contribution in [0, 0.1) is 0 Å². The Balaban J connectivity index is 1.47. The molecule has 2 heterocycles. The van der Waals surface area contributed by atoms with E-state index in [1.165, 1.54) is 18.5 Å². The zero-order chi connectivity index (χ0) is 24.2. The van der Waals surface area contributed by atoms with Gasteiger partial charge in [0, 0.05) is 37.4 Å². The number of aromatic nitrogens is 4. The molecule has 9 nitrogen and oxygen atoms in total. The van der Waals surface area contributed by atoms with Crippen molar-refractivity contribution in [1.29, 1.82) is 0 Å². The Morgan fingerprint density at radius 1 is 0.857 bits per heavy atom. The van der Waals surface area contributed by atoms with Gasteiger partial charge < -0.3 is 19.1 Å². The molecule has 1 atom stereocenters. The Bertz CT molecular complexity index is 1100.